The van der Waals surface area contributed by atoms with Crippen molar-refractivity contribution in [1.82, 2.24) is 9.78 Å². The highest BCUT2D eigenvalue weighted by Crippen LogP contribution is 2.38. The Morgan fingerprint density at radius 1 is 1.26 bits per heavy atom. The zero-order chi connectivity index (χ0) is 16.4. The van der Waals surface area contributed by atoms with Gasteiger partial charge in [-0.15, -0.1) is 0 Å². The molecule has 122 valence electrons. The molecule has 1 aromatic carbocycles. The quantitative estimate of drug-likeness (QED) is 0.597. The number of fused-ring (bicyclic) bond motifs is 1. The molecule has 1 aromatic heterocycles. The van der Waals surface area contributed by atoms with Gasteiger partial charge in [0.05, 0.1) is 25.7 Å². The topological polar surface area (TPSA) is 82.7 Å². The second-order valence-corrected chi connectivity index (χ2v) is 5.29. The van der Waals surface area contributed by atoms with Crippen LogP contribution in [0.5, 0.6) is 11.5 Å². The van der Waals surface area contributed by atoms with E-state index >= 15 is 0 Å². The van der Waals surface area contributed by atoms with Crippen molar-refractivity contribution in [2.75, 3.05) is 32.2 Å². The molecule has 0 N–H and O–H groups in total. The number of rotatable bonds is 6. The van der Waals surface area contributed by atoms with Crippen LogP contribution in [0.25, 0.3) is 0 Å². The van der Waals surface area contributed by atoms with Crippen LogP contribution in [-0.4, -0.2) is 42.0 Å². The fraction of sp³-hybridized carbons (Fsp3) is 0.400. The second-order valence-electron chi connectivity index (χ2n) is 5.29. The van der Waals surface area contributed by atoms with Gasteiger partial charge in [0, 0.05) is 24.8 Å². The molecule has 0 bridgehead atoms. The average Bonchev–Trinajstić information content (AvgIpc) is 3.18. The maximum atomic E-state index is 10.7. The molecule has 23 heavy (non-hydrogen) atoms. The number of hydrogen-bond donors (Lipinski definition) is 0. The second kappa shape index (κ2) is 6.15. The lowest BCUT2D eigenvalue weighted by Gasteiger charge is -2.20. The number of anilines is 1. The summed E-state index contributed by atoms with van der Waals surface area (Å²) in [5.74, 6) is 1.43. The molecule has 0 spiro atoms. The molecule has 0 aliphatic carbocycles. The van der Waals surface area contributed by atoms with Gasteiger partial charge in [-0.25, -0.2) is 0 Å². The average molecular weight is 318 g/mol. The predicted octanol–water partition coefficient (Wildman–Crippen LogP) is 1.87. The SMILES string of the molecule is COc1cc2c(cc1OC)N(CCn1cc([N+](=O)[O-])cn1)CC2. The summed E-state index contributed by atoms with van der Waals surface area (Å²) < 4.78 is 12.3. The maximum absolute atomic E-state index is 10.7. The largest absolute Gasteiger partial charge is 0.493 e. The smallest absolute Gasteiger partial charge is 0.306 e. The fourth-order valence-electron chi connectivity index (χ4n) is 2.81. The van der Waals surface area contributed by atoms with Gasteiger partial charge in [-0.3, -0.25) is 14.8 Å². The first-order chi connectivity index (χ1) is 11.1. The lowest BCUT2D eigenvalue weighted by Crippen LogP contribution is -2.25. The summed E-state index contributed by atoms with van der Waals surface area (Å²) in [6, 6.07) is 3.99. The van der Waals surface area contributed by atoms with Gasteiger partial charge in [-0.2, -0.15) is 5.10 Å². The van der Waals surface area contributed by atoms with Crippen molar-refractivity contribution in [3.05, 3.63) is 40.2 Å². The Kier molecular flexibility index (Phi) is 4.05. The number of benzene rings is 1. The van der Waals surface area contributed by atoms with Gasteiger partial charge in [-0.05, 0) is 18.1 Å². The summed E-state index contributed by atoms with van der Waals surface area (Å²) >= 11 is 0. The van der Waals surface area contributed by atoms with Crippen molar-refractivity contribution in [2.45, 2.75) is 13.0 Å². The summed E-state index contributed by atoms with van der Waals surface area (Å²) in [4.78, 5) is 12.5. The van der Waals surface area contributed by atoms with Crippen LogP contribution in [0.2, 0.25) is 0 Å². The normalized spacial score (nSPS) is 13.0. The number of nitrogens with zero attached hydrogens (tertiary/aromatic N) is 4. The van der Waals surface area contributed by atoms with E-state index in [4.69, 9.17) is 9.47 Å². The molecule has 0 radical (unpaired) electrons. The first kappa shape index (κ1) is 15.1. The molecule has 8 heteroatoms. The highest BCUT2D eigenvalue weighted by Gasteiger charge is 2.22. The van der Waals surface area contributed by atoms with Crippen LogP contribution >= 0.6 is 0 Å². The summed E-state index contributed by atoms with van der Waals surface area (Å²) in [6.45, 7) is 2.21. The van der Waals surface area contributed by atoms with Gasteiger partial charge in [0.25, 0.3) is 0 Å². The Morgan fingerprint density at radius 2 is 2.00 bits per heavy atom. The van der Waals surface area contributed by atoms with E-state index in [1.165, 1.54) is 18.0 Å². The van der Waals surface area contributed by atoms with Gasteiger partial charge in [-0.1, -0.05) is 0 Å². The molecule has 0 saturated carbocycles. The third-order valence-electron chi connectivity index (χ3n) is 4.01. The minimum Gasteiger partial charge on any atom is -0.493 e. The number of methoxy groups -OCH3 is 2. The van der Waals surface area contributed by atoms with Crippen LogP contribution in [0.4, 0.5) is 11.4 Å². The molecule has 0 amide bonds. The van der Waals surface area contributed by atoms with Crippen molar-refractivity contribution in [3.8, 4) is 11.5 Å². The van der Waals surface area contributed by atoms with Crippen LogP contribution in [0, 0.1) is 10.1 Å². The number of hydrogen-bond acceptors (Lipinski definition) is 6. The van der Waals surface area contributed by atoms with E-state index in [2.05, 4.69) is 10.00 Å². The van der Waals surface area contributed by atoms with Crippen molar-refractivity contribution >= 4 is 11.4 Å². The van der Waals surface area contributed by atoms with Crippen LogP contribution in [0.15, 0.2) is 24.5 Å². The Labute approximate surface area is 133 Å². The van der Waals surface area contributed by atoms with Crippen LogP contribution < -0.4 is 14.4 Å². The first-order valence-electron chi connectivity index (χ1n) is 7.29. The molecule has 0 unspecified atom stereocenters. The van der Waals surface area contributed by atoms with Gasteiger partial charge in [0.1, 0.15) is 12.4 Å². The van der Waals surface area contributed by atoms with Crippen LogP contribution in [0.3, 0.4) is 0 Å². The van der Waals surface area contributed by atoms with Gasteiger partial charge >= 0.3 is 5.69 Å². The molecule has 0 atom stereocenters. The summed E-state index contributed by atoms with van der Waals surface area (Å²) in [7, 11) is 3.24. The predicted molar refractivity (Wildman–Crippen MR) is 84.3 cm³/mol. The van der Waals surface area contributed by atoms with E-state index in [1.54, 1.807) is 18.9 Å². The number of ether oxygens (including phenoxy) is 2. The minimum absolute atomic E-state index is 0.0122. The van der Waals surface area contributed by atoms with Crippen molar-refractivity contribution in [3.63, 3.8) is 0 Å². The van der Waals surface area contributed by atoms with Crippen molar-refractivity contribution in [2.24, 2.45) is 0 Å². The minimum atomic E-state index is -0.439. The third-order valence-corrected chi connectivity index (χ3v) is 4.01. The van der Waals surface area contributed by atoms with E-state index in [9.17, 15) is 10.1 Å². The van der Waals surface area contributed by atoms with E-state index in [1.807, 2.05) is 12.1 Å². The van der Waals surface area contributed by atoms with Crippen LogP contribution in [0.1, 0.15) is 5.56 Å². The molecule has 2 aromatic rings. The van der Waals surface area contributed by atoms with E-state index in [0.29, 0.717) is 12.3 Å². The summed E-state index contributed by atoms with van der Waals surface area (Å²) in [5.41, 5.74) is 2.34. The van der Waals surface area contributed by atoms with E-state index < -0.39 is 4.92 Å². The van der Waals surface area contributed by atoms with Crippen molar-refractivity contribution in [1.29, 1.82) is 0 Å². The molecular weight excluding hydrogens is 300 g/mol. The maximum Gasteiger partial charge on any atom is 0.306 e. The zero-order valence-corrected chi connectivity index (χ0v) is 13.1. The van der Waals surface area contributed by atoms with Gasteiger partial charge in [0.15, 0.2) is 11.5 Å². The molecule has 0 fully saturated rings. The Balaban J connectivity index is 1.73. The lowest BCUT2D eigenvalue weighted by molar-refractivity contribution is -0.385. The lowest BCUT2D eigenvalue weighted by atomic mass is 10.1. The Hall–Kier alpha value is -2.77. The molecule has 0 saturated heterocycles. The Bertz CT molecular complexity index is 728. The Morgan fingerprint density at radius 3 is 2.65 bits per heavy atom. The van der Waals surface area contributed by atoms with E-state index in [0.717, 1.165) is 30.9 Å². The molecule has 2 heterocycles. The first-order valence-corrected chi connectivity index (χ1v) is 7.29. The molecule has 8 nitrogen and oxygen atoms in total. The fourth-order valence-corrected chi connectivity index (χ4v) is 2.81. The number of nitro groups is 1. The molecule has 1 aliphatic rings. The monoisotopic (exact) mass is 318 g/mol. The van der Waals surface area contributed by atoms with E-state index in [-0.39, 0.29) is 5.69 Å². The van der Waals surface area contributed by atoms with Gasteiger partial charge in [0.2, 0.25) is 0 Å². The zero-order valence-electron chi connectivity index (χ0n) is 13.1. The van der Waals surface area contributed by atoms with Crippen molar-refractivity contribution < 1.29 is 14.4 Å². The standard InChI is InChI=1S/C15H18N4O4/c1-22-14-7-11-3-4-17(13(11)8-15(14)23-2)5-6-18-10-12(9-16-18)19(20)21/h7-10H,3-6H2,1-2H3. The molecule has 1 aliphatic heterocycles. The molecular formula is C15H18N4O4. The van der Waals surface area contributed by atoms with Gasteiger partial charge < -0.3 is 14.4 Å². The van der Waals surface area contributed by atoms with Crippen LogP contribution in [-0.2, 0) is 13.0 Å². The highest BCUT2D eigenvalue weighted by molar-refractivity contribution is 5.65. The molecule has 3 rings (SSSR count). The highest BCUT2D eigenvalue weighted by atomic mass is 16.6. The number of aromatic nitrogens is 2. The summed E-state index contributed by atoms with van der Waals surface area (Å²) in [6.07, 6.45) is 3.66. The third kappa shape index (κ3) is 2.92. The summed E-state index contributed by atoms with van der Waals surface area (Å²) in [5, 5.41) is 14.7.